The molecular formula is C29H39FN4O4SSi. The van der Waals surface area contributed by atoms with Crippen LogP contribution >= 0.6 is 0 Å². The highest BCUT2D eigenvalue weighted by Gasteiger charge is 2.49. The minimum absolute atomic E-state index is 0.172. The van der Waals surface area contributed by atoms with Crippen LogP contribution in [0.15, 0.2) is 42.6 Å². The quantitative estimate of drug-likeness (QED) is 0.295. The molecule has 0 atom stereocenters. The molecule has 0 saturated carbocycles. The van der Waals surface area contributed by atoms with Crippen molar-refractivity contribution >= 4 is 41.0 Å². The van der Waals surface area contributed by atoms with Crippen molar-refractivity contribution in [2.24, 2.45) is 0 Å². The molecule has 0 aliphatic carbocycles. The Morgan fingerprint density at radius 3 is 2.23 bits per heavy atom. The Morgan fingerprint density at radius 2 is 1.68 bits per heavy atom. The number of benzene rings is 2. The van der Waals surface area contributed by atoms with Crippen LogP contribution in [0.2, 0.25) is 16.6 Å². The van der Waals surface area contributed by atoms with Crippen LogP contribution in [0, 0.1) is 5.82 Å². The molecule has 0 radical (unpaired) electrons. The van der Waals surface area contributed by atoms with Gasteiger partial charge in [-0.05, 0) is 46.5 Å². The monoisotopic (exact) mass is 586 g/mol. The largest absolute Gasteiger partial charge is 0.541 e. The van der Waals surface area contributed by atoms with Gasteiger partial charge in [0.25, 0.3) is 14.2 Å². The number of rotatable bonds is 10. The van der Waals surface area contributed by atoms with Crippen molar-refractivity contribution in [2.45, 2.75) is 71.3 Å². The lowest BCUT2D eigenvalue weighted by molar-refractivity contribution is 0.0765. The lowest BCUT2D eigenvalue weighted by atomic mass is 10.0. The van der Waals surface area contributed by atoms with E-state index < -0.39 is 18.5 Å². The topological polar surface area (TPSA) is 91.8 Å². The number of amides is 1. The van der Waals surface area contributed by atoms with Crippen molar-refractivity contribution in [3.63, 3.8) is 0 Å². The number of nitrogens with one attached hydrogen (secondary N) is 1. The Bertz CT molecular complexity index is 1510. The van der Waals surface area contributed by atoms with Gasteiger partial charge in [-0.15, -0.1) is 0 Å². The highest BCUT2D eigenvalue weighted by atomic mass is 32.2. The molecule has 40 heavy (non-hydrogen) atoms. The second-order valence-electron chi connectivity index (χ2n) is 11.3. The van der Waals surface area contributed by atoms with Crippen LogP contribution in [-0.4, -0.2) is 46.6 Å². The predicted molar refractivity (Wildman–Crippen MR) is 160 cm³/mol. The molecule has 216 valence electrons. The second-order valence-corrected chi connectivity index (χ2v) is 18.6. The fourth-order valence-electron chi connectivity index (χ4n) is 6.30. The Morgan fingerprint density at radius 1 is 1.07 bits per heavy atom. The van der Waals surface area contributed by atoms with Crippen molar-refractivity contribution in [2.75, 3.05) is 18.4 Å². The molecule has 3 aromatic rings. The normalized spacial score (nSPS) is 14.1. The lowest BCUT2D eigenvalue weighted by Crippen LogP contribution is -2.51. The molecule has 0 saturated heterocycles. The summed E-state index contributed by atoms with van der Waals surface area (Å²) >= 11 is 0. The van der Waals surface area contributed by atoms with Gasteiger partial charge in [-0.1, -0.05) is 53.7 Å². The van der Waals surface area contributed by atoms with Crippen molar-refractivity contribution < 1.29 is 22.0 Å². The van der Waals surface area contributed by atoms with E-state index in [1.165, 1.54) is 30.5 Å². The minimum atomic E-state index is -3.90. The average Bonchev–Trinajstić information content (AvgIpc) is 3.22. The van der Waals surface area contributed by atoms with Crippen molar-refractivity contribution in [1.82, 2.24) is 14.6 Å². The summed E-state index contributed by atoms with van der Waals surface area (Å²) in [6.07, 6.45) is 1.64. The van der Waals surface area contributed by atoms with Crippen LogP contribution in [0.1, 0.15) is 63.0 Å². The molecule has 8 nitrogen and oxygen atoms in total. The number of nitrogens with zero attached hydrogens (tertiary/aromatic N) is 3. The standard InChI is InChI=1S/C29H39FN4O4SSi/c1-18(2)40(19(3)4,20(5)6)38-28-25-24(17-34(29(25)35)16-21-11-13-22(30)14-12-21)27(33(8)39(36,37)31-7)23-10-9-15-32-26(23)28/h9-15,18-20,31H,16-17H2,1-8H3. The lowest BCUT2D eigenvalue weighted by Gasteiger charge is -2.42. The maximum absolute atomic E-state index is 14.2. The van der Waals surface area contributed by atoms with E-state index in [1.807, 2.05) is 6.07 Å². The first-order valence-electron chi connectivity index (χ1n) is 13.6. The summed E-state index contributed by atoms with van der Waals surface area (Å²) in [5.41, 5.74) is 3.25. The maximum atomic E-state index is 14.2. The summed E-state index contributed by atoms with van der Waals surface area (Å²) in [4.78, 5) is 20.5. The molecule has 1 N–H and O–H groups in total. The Kier molecular flexibility index (Phi) is 8.31. The summed E-state index contributed by atoms with van der Waals surface area (Å²) in [5.74, 6) is -0.192. The molecule has 1 aliphatic heterocycles. The van der Waals surface area contributed by atoms with Crippen LogP contribution in [0.5, 0.6) is 5.75 Å². The summed E-state index contributed by atoms with van der Waals surface area (Å²) in [6.45, 7) is 13.4. The number of carbonyl (C=O) groups is 1. The van der Waals surface area contributed by atoms with Gasteiger partial charge in [0.05, 0.1) is 11.3 Å². The SMILES string of the molecule is CNS(=O)(=O)N(C)c1c2c(c(O[Si](C(C)C)(C(C)C)C(C)C)c3ncccc13)C(=O)N(Cc1ccc(F)cc1)C2. The van der Waals surface area contributed by atoms with Gasteiger partial charge in [-0.25, -0.2) is 9.11 Å². The van der Waals surface area contributed by atoms with Crippen molar-refractivity contribution in [1.29, 1.82) is 0 Å². The first-order chi connectivity index (χ1) is 18.8. The third-order valence-electron chi connectivity index (χ3n) is 8.15. The van der Waals surface area contributed by atoms with E-state index in [4.69, 9.17) is 4.43 Å². The van der Waals surface area contributed by atoms with Gasteiger partial charge in [-0.3, -0.25) is 14.1 Å². The van der Waals surface area contributed by atoms with Crippen LogP contribution in [0.3, 0.4) is 0 Å². The van der Waals surface area contributed by atoms with E-state index >= 15 is 0 Å². The summed E-state index contributed by atoms with van der Waals surface area (Å²) in [7, 11) is -3.62. The molecule has 0 bridgehead atoms. The number of carbonyl (C=O) groups excluding carboxylic acids is 1. The summed E-state index contributed by atoms with van der Waals surface area (Å²) < 4.78 is 50.4. The molecule has 1 aromatic heterocycles. The van der Waals surface area contributed by atoms with Crippen molar-refractivity contribution in [3.8, 4) is 5.75 Å². The van der Waals surface area contributed by atoms with E-state index in [2.05, 4.69) is 51.2 Å². The Balaban J connectivity index is 2.02. The molecule has 0 unspecified atom stereocenters. The van der Waals surface area contributed by atoms with Crippen LogP contribution in [0.25, 0.3) is 10.9 Å². The number of hydrogen-bond acceptors (Lipinski definition) is 5. The zero-order chi connectivity index (χ0) is 29.6. The van der Waals surface area contributed by atoms with Gasteiger partial charge < -0.3 is 9.33 Å². The molecule has 11 heteroatoms. The van der Waals surface area contributed by atoms with Crippen molar-refractivity contribution in [3.05, 3.63) is 65.1 Å². The van der Waals surface area contributed by atoms with Crippen LogP contribution < -0.4 is 13.5 Å². The zero-order valence-corrected chi connectivity index (χ0v) is 26.3. The fourth-order valence-corrected chi connectivity index (χ4v) is 12.3. The number of anilines is 1. The minimum Gasteiger partial charge on any atom is -0.541 e. The van der Waals surface area contributed by atoms with Gasteiger partial charge in [0.1, 0.15) is 17.1 Å². The summed E-state index contributed by atoms with van der Waals surface area (Å²) in [6, 6.07) is 9.60. The van der Waals surface area contributed by atoms with Gasteiger partial charge in [-0.2, -0.15) is 8.42 Å². The molecule has 2 heterocycles. The first-order valence-corrected chi connectivity index (χ1v) is 17.2. The highest BCUT2D eigenvalue weighted by molar-refractivity contribution is 7.90. The third kappa shape index (κ3) is 4.99. The van der Waals surface area contributed by atoms with E-state index in [1.54, 1.807) is 29.3 Å². The fraction of sp³-hybridized carbons (Fsp3) is 0.448. The number of aromatic nitrogens is 1. The molecule has 0 spiro atoms. The maximum Gasteiger partial charge on any atom is 0.301 e. The second kappa shape index (κ2) is 11.1. The van der Waals surface area contributed by atoms with E-state index in [0.29, 0.717) is 33.5 Å². The predicted octanol–water partition coefficient (Wildman–Crippen LogP) is 5.98. The smallest absolute Gasteiger partial charge is 0.301 e. The van der Waals surface area contributed by atoms with Gasteiger partial charge in [0.15, 0.2) is 0 Å². The molecule has 0 fully saturated rings. The third-order valence-corrected chi connectivity index (χ3v) is 15.5. The van der Waals surface area contributed by atoms with E-state index in [0.717, 1.165) is 5.56 Å². The van der Waals surface area contributed by atoms with E-state index in [9.17, 15) is 17.6 Å². The van der Waals surface area contributed by atoms with Gasteiger partial charge in [0, 0.05) is 44.3 Å². The zero-order valence-electron chi connectivity index (χ0n) is 24.4. The number of halogens is 1. The number of fused-ring (bicyclic) bond motifs is 2. The Hall–Kier alpha value is -3.02. The van der Waals surface area contributed by atoms with Crippen LogP contribution in [0.4, 0.5) is 10.1 Å². The molecule has 2 aromatic carbocycles. The molecular weight excluding hydrogens is 547 g/mol. The highest BCUT2D eigenvalue weighted by Crippen LogP contribution is 2.49. The summed E-state index contributed by atoms with van der Waals surface area (Å²) in [5, 5.41) is 0.591. The van der Waals surface area contributed by atoms with Gasteiger partial charge >= 0.3 is 10.2 Å². The molecule has 1 amide bonds. The van der Waals surface area contributed by atoms with Crippen LogP contribution in [-0.2, 0) is 23.3 Å². The van der Waals surface area contributed by atoms with Gasteiger partial charge in [0.2, 0.25) is 0 Å². The van der Waals surface area contributed by atoms with E-state index in [-0.39, 0.29) is 41.4 Å². The number of pyridine rings is 1. The number of hydrogen-bond donors (Lipinski definition) is 1. The molecule has 4 rings (SSSR count). The first kappa shape index (κ1) is 29.9. The Labute approximate surface area is 237 Å². The molecule has 1 aliphatic rings. The average molecular weight is 587 g/mol.